The zero-order valence-electron chi connectivity index (χ0n) is 12.5. The topological polar surface area (TPSA) is 55.4 Å². The summed E-state index contributed by atoms with van der Waals surface area (Å²) in [6.45, 7) is 7.27. The van der Waals surface area contributed by atoms with Crippen LogP contribution >= 0.6 is 23.2 Å². The lowest BCUT2D eigenvalue weighted by Crippen LogP contribution is -2.31. The first-order valence-electron chi connectivity index (χ1n) is 6.54. The number of rotatable bonds is 4. The second kappa shape index (κ2) is 7.14. The van der Waals surface area contributed by atoms with Gasteiger partial charge in [0.1, 0.15) is 0 Å². The number of hydrogen-bond acceptors (Lipinski definition) is 3. The van der Waals surface area contributed by atoms with Crippen molar-refractivity contribution in [3.63, 3.8) is 0 Å². The molecule has 1 aromatic rings. The van der Waals surface area contributed by atoms with Gasteiger partial charge in [0.05, 0.1) is 17.1 Å². The maximum Gasteiger partial charge on any atom is 0.307 e. The highest BCUT2D eigenvalue weighted by atomic mass is 35.5. The van der Waals surface area contributed by atoms with Gasteiger partial charge in [-0.15, -0.1) is 0 Å². The average molecular weight is 332 g/mol. The highest BCUT2D eigenvalue weighted by Crippen LogP contribution is 2.25. The van der Waals surface area contributed by atoms with Gasteiger partial charge in [0, 0.05) is 5.02 Å². The van der Waals surface area contributed by atoms with Crippen molar-refractivity contribution in [3.8, 4) is 0 Å². The van der Waals surface area contributed by atoms with E-state index in [1.807, 2.05) is 20.8 Å². The van der Waals surface area contributed by atoms with E-state index in [9.17, 15) is 9.59 Å². The van der Waals surface area contributed by atoms with Crippen molar-refractivity contribution in [2.24, 2.45) is 5.41 Å². The van der Waals surface area contributed by atoms with Gasteiger partial charge in [-0.05, 0) is 30.5 Å². The number of halogens is 2. The first-order valence-corrected chi connectivity index (χ1v) is 7.29. The van der Waals surface area contributed by atoms with Crippen LogP contribution in [0.15, 0.2) is 18.2 Å². The molecule has 1 amide bonds. The molecule has 0 aromatic heterocycles. The Balaban J connectivity index is 2.63. The van der Waals surface area contributed by atoms with E-state index in [4.69, 9.17) is 27.9 Å². The van der Waals surface area contributed by atoms with Crippen molar-refractivity contribution in [2.75, 3.05) is 5.32 Å². The minimum absolute atomic E-state index is 0.191. The molecule has 116 valence electrons. The minimum Gasteiger partial charge on any atom is -0.453 e. The maximum atomic E-state index is 12.0. The first-order chi connectivity index (χ1) is 9.58. The van der Waals surface area contributed by atoms with Gasteiger partial charge in [-0.25, -0.2) is 0 Å². The fraction of sp³-hybridized carbons (Fsp3) is 0.467. The van der Waals surface area contributed by atoms with Gasteiger partial charge in [-0.3, -0.25) is 9.59 Å². The van der Waals surface area contributed by atoms with Crippen LogP contribution in [0.1, 0.15) is 34.1 Å². The SMILES string of the molecule is C[C@@H](OC(=O)CC(C)(C)C)C(=O)Nc1cc(Cl)ccc1Cl. The maximum absolute atomic E-state index is 12.0. The lowest BCUT2D eigenvalue weighted by atomic mass is 9.92. The third-order valence-corrected chi connectivity index (χ3v) is 3.10. The minimum atomic E-state index is -0.908. The Labute approximate surface area is 134 Å². The molecule has 0 radical (unpaired) electrons. The molecule has 1 atom stereocenters. The van der Waals surface area contributed by atoms with Crippen LogP contribution in [0.3, 0.4) is 0 Å². The van der Waals surface area contributed by atoms with E-state index >= 15 is 0 Å². The molecule has 0 saturated heterocycles. The summed E-state index contributed by atoms with van der Waals surface area (Å²) in [6, 6.07) is 4.73. The monoisotopic (exact) mass is 331 g/mol. The van der Waals surface area contributed by atoms with Crippen LogP contribution in [0.2, 0.25) is 10.0 Å². The normalized spacial score (nSPS) is 12.7. The number of carbonyl (C=O) groups is 2. The molecular weight excluding hydrogens is 313 g/mol. The molecule has 1 aromatic carbocycles. The van der Waals surface area contributed by atoms with Crippen LogP contribution in [0.5, 0.6) is 0 Å². The number of amides is 1. The Kier molecular flexibility index (Phi) is 6.05. The number of esters is 1. The summed E-state index contributed by atoms with van der Waals surface area (Å²) in [4.78, 5) is 23.7. The largest absolute Gasteiger partial charge is 0.453 e. The zero-order chi connectivity index (χ0) is 16.2. The summed E-state index contributed by atoms with van der Waals surface area (Å²) in [5.74, 6) is -0.872. The average Bonchev–Trinajstić information content (AvgIpc) is 2.31. The smallest absolute Gasteiger partial charge is 0.307 e. The van der Waals surface area contributed by atoms with Crippen molar-refractivity contribution in [2.45, 2.75) is 40.2 Å². The summed E-state index contributed by atoms with van der Waals surface area (Å²) in [7, 11) is 0. The van der Waals surface area contributed by atoms with Crippen molar-refractivity contribution in [1.82, 2.24) is 0 Å². The standard InChI is InChI=1S/C15H19Cl2NO3/c1-9(21-13(19)8-15(2,3)4)14(20)18-12-7-10(16)5-6-11(12)17/h5-7,9H,8H2,1-4H3,(H,18,20)/t9-/m1/s1. The molecule has 1 N–H and O–H groups in total. The van der Waals surface area contributed by atoms with Crippen LogP contribution in [-0.2, 0) is 14.3 Å². The van der Waals surface area contributed by atoms with E-state index in [2.05, 4.69) is 5.32 Å². The molecule has 6 heteroatoms. The van der Waals surface area contributed by atoms with Gasteiger partial charge in [0.15, 0.2) is 6.10 Å². The number of anilines is 1. The van der Waals surface area contributed by atoms with Crippen molar-refractivity contribution >= 4 is 40.8 Å². The van der Waals surface area contributed by atoms with Crippen molar-refractivity contribution in [1.29, 1.82) is 0 Å². The van der Waals surface area contributed by atoms with Gasteiger partial charge < -0.3 is 10.1 Å². The van der Waals surface area contributed by atoms with E-state index in [1.165, 1.54) is 13.0 Å². The van der Waals surface area contributed by atoms with Gasteiger partial charge in [-0.1, -0.05) is 44.0 Å². The van der Waals surface area contributed by atoms with E-state index in [1.54, 1.807) is 12.1 Å². The van der Waals surface area contributed by atoms with Crippen LogP contribution in [0.4, 0.5) is 5.69 Å². The van der Waals surface area contributed by atoms with Gasteiger partial charge in [-0.2, -0.15) is 0 Å². The fourth-order valence-electron chi connectivity index (χ4n) is 1.55. The molecule has 0 aliphatic carbocycles. The molecule has 0 saturated carbocycles. The molecule has 0 spiro atoms. The van der Waals surface area contributed by atoms with Gasteiger partial charge in [0.2, 0.25) is 0 Å². The molecule has 0 fully saturated rings. The van der Waals surface area contributed by atoms with E-state index < -0.39 is 18.0 Å². The summed E-state index contributed by atoms with van der Waals surface area (Å²) in [5.41, 5.74) is 0.191. The summed E-state index contributed by atoms with van der Waals surface area (Å²) >= 11 is 11.8. The molecular formula is C15H19Cl2NO3. The second-order valence-electron chi connectivity index (χ2n) is 5.98. The Morgan fingerprint density at radius 2 is 1.90 bits per heavy atom. The van der Waals surface area contributed by atoms with Crippen LogP contribution in [0.25, 0.3) is 0 Å². The summed E-state index contributed by atoms with van der Waals surface area (Å²) in [6.07, 6.45) is -0.669. The molecule has 4 nitrogen and oxygen atoms in total. The van der Waals surface area contributed by atoms with Crippen molar-refractivity contribution in [3.05, 3.63) is 28.2 Å². The van der Waals surface area contributed by atoms with Crippen LogP contribution in [0, 0.1) is 5.41 Å². The molecule has 0 bridgehead atoms. The predicted octanol–water partition coefficient (Wildman–Crippen LogP) is 4.30. The lowest BCUT2D eigenvalue weighted by molar-refractivity contribution is -0.154. The molecule has 0 heterocycles. The fourth-order valence-corrected chi connectivity index (χ4v) is 1.89. The van der Waals surface area contributed by atoms with Crippen LogP contribution < -0.4 is 5.32 Å². The Bertz CT molecular complexity index is 538. The summed E-state index contributed by atoms with van der Waals surface area (Å²) < 4.78 is 5.10. The lowest BCUT2D eigenvalue weighted by Gasteiger charge is -2.19. The number of benzene rings is 1. The summed E-state index contributed by atoms with van der Waals surface area (Å²) in [5, 5.41) is 3.40. The Morgan fingerprint density at radius 1 is 1.29 bits per heavy atom. The first kappa shape index (κ1) is 17.8. The van der Waals surface area contributed by atoms with Crippen LogP contribution in [-0.4, -0.2) is 18.0 Å². The van der Waals surface area contributed by atoms with E-state index in [0.717, 1.165) is 0 Å². The number of nitrogens with one attached hydrogen (secondary N) is 1. The Morgan fingerprint density at radius 3 is 2.48 bits per heavy atom. The predicted molar refractivity (Wildman–Crippen MR) is 84.7 cm³/mol. The van der Waals surface area contributed by atoms with Gasteiger partial charge in [0.25, 0.3) is 5.91 Å². The van der Waals surface area contributed by atoms with Gasteiger partial charge >= 0.3 is 5.97 Å². The third kappa shape index (κ3) is 6.36. The quantitative estimate of drug-likeness (QED) is 0.837. The highest BCUT2D eigenvalue weighted by molar-refractivity contribution is 6.35. The molecule has 0 unspecified atom stereocenters. The van der Waals surface area contributed by atoms with E-state index in [-0.39, 0.29) is 11.8 Å². The Hall–Kier alpha value is -1.26. The molecule has 21 heavy (non-hydrogen) atoms. The zero-order valence-corrected chi connectivity index (χ0v) is 14.0. The molecule has 1 rings (SSSR count). The number of carbonyl (C=O) groups excluding carboxylic acids is 2. The van der Waals surface area contributed by atoms with Crippen molar-refractivity contribution < 1.29 is 14.3 Å². The molecule has 0 aliphatic rings. The number of ether oxygens (including phenoxy) is 1. The molecule has 0 aliphatic heterocycles. The second-order valence-corrected chi connectivity index (χ2v) is 6.83. The van der Waals surface area contributed by atoms with E-state index in [0.29, 0.717) is 15.7 Å². The highest BCUT2D eigenvalue weighted by Gasteiger charge is 2.22. The third-order valence-electron chi connectivity index (χ3n) is 2.54. The number of hydrogen-bond donors (Lipinski definition) is 1.